The van der Waals surface area contributed by atoms with Crippen molar-refractivity contribution >= 4 is 31.5 Å². The number of nitrogens with one attached hydrogen (secondary N) is 2. The number of aromatic nitrogens is 4. The zero-order chi connectivity index (χ0) is 51.0. The molecule has 7 rings (SSSR count). The summed E-state index contributed by atoms with van der Waals surface area (Å²) in [6.07, 6.45) is -2.56. The van der Waals surface area contributed by atoms with Gasteiger partial charge in [0.05, 0.1) is 65.3 Å². The monoisotopic (exact) mass is 1000 g/mol. The number of nitriles is 2. The van der Waals surface area contributed by atoms with Gasteiger partial charge in [-0.3, -0.25) is 24.5 Å². The molecule has 6 aromatic rings. The molecular weight excluding hydrogens is 944 g/mol. The molecule has 0 radical (unpaired) electrons. The third kappa shape index (κ3) is 12.6. The predicted molar refractivity (Wildman–Crippen MR) is 267 cm³/mol. The number of rotatable bonds is 26. The fourth-order valence-electron chi connectivity index (χ4n) is 8.36. The number of benzene rings is 4. The number of methoxy groups -OCH3 is 2. The summed E-state index contributed by atoms with van der Waals surface area (Å²) in [7, 11) is 1.27. The second kappa shape index (κ2) is 25.6. The molecule has 0 aliphatic carbocycles. The van der Waals surface area contributed by atoms with Gasteiger partial charge in [0.25, 0.3) is 20.0 Å². The maximum atomic E-state index is 13.7. The Kier molecular flexibility index (Phi) is 18.8. The van der Waals surface area contributed by atoms with Gasteiger partial charge in [-0.15, -0.1) is 0 Å². The van der Waals surface area contributed by atoms with Gasteiger partial charge in [-0.25, -0.2) is 9.65 Å². The summed E-state index contributed by atoms with van der Waals surface area (Å²) in [4.78, 5) is 38.5. The molecule has 19 nitrogen and oxygen atoms in total. The van der Waals surface area contributed by atoms with Crippen LogP contribution >= 0.6 is 8.53 Å². The van der Waals surface area contributed by atoms with Crippen molar-refractivity contribution in [2.45, 2.75) is 82.8 Å². The Morgan fingerprint density at radius 2 is 1.43 bits per heavy atom. The highest BCUT2D eigenvalue weighted by atomic mass is 31.2. The number of H-pyrrole nitrogens is 1. The van der Waals surface area contributed by atoms with Crippen LogP contribution < -0.4 is 25.1 Å². The fraction of sp³-hybridized carbons (Fsp3) is 0.385. The van der Waals surface area contributed by atoms with Gasteiger partial charge in [-0.1, -0.05) is 72.8 Å². The normalized spacial score (nSPS) is 17.2. The maximum absolute atomic E-state index is 13.7. The molecule has 2 aromatic heterocycles. The number of para-hydroxylation sites is 1. The van der Waals surface area contributed by atoms with Gasteiger partial charge >= 0.3 is 0 Å². The Balaban J connectivity index is 1.35. The van der Waals surface area contributed by atoms with Crippen LogP contribution in [0.1, 0.15) is 63.5 Å². The second-order valence-corrected chi connectivity index (χ2v) is 18.4. The van der Waals surface area contributed by atoms with E-state index in [2.05, 4.69) is 37.1 Å². The van der Waals surface area contributed by atoms with Gasteiger partial charge in [0, 0.05) is 12.1 Å². The highest BCUT2D eigenvalue weighted by Gasteiger charge is 2.52. The number of imidazole rings is 1. The first-order chi connectivity index (χ1) is 35.0. The average Bonchev–Trinajstić information content (AvgIpc) is 3.97. The minimum Gasteiger partial charge on any atom is -0.497 e. The number of fused-ring (bicyclic) bond motifs is 1. The maximum Gasteiger partial charge on any atom is 0.280 e. The van der Waals surface area contributed by atoms with Crippen LogP contribution in [-0.4, -0.2) is 108 Å². The summed E-state index contributed by atoms with van der Waals surface area (Å²) < 4.78 is 61.0. The molecule has 1 fully saturated rings. The van der Waals surface area contributed by atoms with Crippen molar-refractivity contribution in [1.82, 2.24) is 24.2 Å². The summed E-state index contributed by atoms with van der Waals surface area (Å²) in [5, 5.41) is 21.5. The van der Waals surface area contributed by atoms with Crippen molar-refractivity contribution in [3.8, 4) is 29.4 Å². The molecule has 1 amide bonds. The van der Waals surface area contributed by atoms with Crippen molar-refractivity contribution in [1.29, 1.82) is 10.5 Å². The van der Waals surface area contributed by atoms with E-state index >= 15 is 0 Å². The predicted octanol–water partition coefficient (Wildman–Crippen LogP) is 7.99. The molecule has 0 saturated carbocycles. The number of aromatic amines is 1. The van der Waals surface area contributed by atoms with Crippen molar-refractivity contribution in [2.24, 2.45) is 0 Å². The first-order valence-electron chi connectivity index (χ1n) is 23.4. The number of hydrogen-bond acceptors (Lipinski definition) is 16. The second-order valence-electron chi connectivity index (χ2n) is 17.0. The Morgan fingerprint density at radius 1 is 0.833 bits per heavy atom. The molecule has 0 spiro atoms. The highest BCUT2D eigenvalue weighted by molar-refractivity contribution is 7.44. The number of anilines is 1. The quantitative estimate of drug-likeness (QED) is 0.0227. The topological polar surface area (TPSA) is 227 Å². The number of nitrogens with zero attached hydrogens (tertiary/aromatic N) is 6. The zero-order valence-electron chi connectivity index (χ0n) is 41.0. The van der Waals surface area contributed by atoms with Crippen LogP contribution in [0.5, 0.6) is 17.2 Å². The van der Waals surface area contributed by atoms with Crippen molar-refractivity contribution in [3.05, 3.63) is 143 Å². The standard InChI is InChI=1S/C52H59N8O11P/c1-35(2)60(36(3)4)72(69-30-14-28-54)71-46-43(31-68-52(37-15-9-7-10-16-37,38-19-23-40(63-5)24-20-38)39-21-25-41(64-6)26-22-39)70-50(47(46)67-34-65-29-13-27-53)59-33-55-45-48(59)57-51(58-49(45)62)56-44(61)32-66-42-17-11-8-12-18-42/h7-12,15-26,33,35-36,43,46-47,50H,13-14,29-32,34H2,1-6H3,(H2,56,57,58,61,62)/t43-,46-,47-,50-,72?/m1/s1. The lowest BCUT2D eigenvalue weighted by Gasteiger charge is -2.39. The van der Waals surface area contributed by atoms with E-state index in [-0.39, 0.29) is 75.3 Å². The molecule has 0 bridgehead atoms. The van der Waals surface area contributed by atoms with E-state index in [0.717, 1.165) is 16.7 Å². The lowest BCUT2D eigenvalue weighted by Crippen LogP contribution is -2.43. The smallest absolute Gasteiger partial charge is 0.280 e. The number of carbonyl (C=O) groups excluding carboxylic acids is 1. The van der Waals surface area contributed by atoms with Gasteiger partial charge in [0.1, 0.15) is 48.0 Å². The third-order valence-electron chi connectivity index (χ3n) is 11.6. The van der Waals surface area contributed by atoms with Gasteiger partial charge < -0.3 is 42.2 Å². The van der Waals surface area contributed by atoms with Crippen molar-refractivity contribution in [3.63, 3.8) is 0 Å². The van der Waals surface area contributed by atoms with Crippen LogP contribution in [0.15, 0.2) is 120 Å². The molecule has 1 aliphatic rings. The number of ether oxygens (including phenoxy) is 7. The minimum absolute atomic E-state index is 0.0479. The lowest BCUT2D eigenvalue weighted by molar-refractivity contribution is -0.136. The molecule has 1 unspecified atom stereocenters. The van der Waals surface area contributed by atoms with Gasteiger partial charge in [0.15, 0.2) is 24.0 Å². The molecule has 3 heterocycles. The van der Waals surface area contributed by atoms with Crippen LogP contribution in [0.25, 0.3) is 11.2 Å². The highest BCUT2D eigenvalue weighted by Crippen LogP contribution is 2.51. The Hall–Kier alpha value is -6.77. The van der Waals surface area contributed by atoms with Crippen LogP contribution in [0.4, 0.5) is 5.95 Å². The number of hydrogen-bond donors (Lipinski definition) is 2. The molecule has 1 aliphatic heterocycles. The number of carbonyl (C=O) groups is 1. The van der Waals surface area contributed by atoms with Crippen LogP contribution in [0, 0.1) is 22.7 Å². The Bertz CT molecular complexity index is 2750. The van der Waals surface area contributed by atoms with Gasteiger partial charge in [-0.05, 0) is 80.8 Å². The Labute approximate surface area is 419 Å². The van der Waals surface area contributed by atoms with E-state index in [4.69, 9.17) is 42.2 Å². The first kappa shape index (κ1) is 53.0. The largest absolute Gasteiger partial charge is 0.497 e. The van der Waals surface area contributed by atoms with Crippen molar-refractivity contribution < 1.29 is 47.0 Å². The summed E-state index contributed by atoms with van der Waals surface area (Å²) in [5.41, 5.74) is 0.423. The van der Waals surface area contributed by atoms with E-state index in [0.29, 0.717) is 17.2 Å². The van der Waals surface area contributed by atoms with E-state index < -0.39 is 50.1 Å². The van der Waals surface area contributed by atoms with Crippen molar-refractivity contribution in [2.75, 3.05) is 52.8 Å². The zero-order valence-corrected chi connectivity index (χ0v) is 41.9. The first-order valence-corrected chi connectivity index (χ1v) is 24.5. The molecular formula is C52H59N8O11P. The molecule has 2 N–H and O–H groups in total. The van der Waals surface area contributed by atoms with E-state index in [1.165, 1.54) is 10.9 Å². The van der Waals surface area contributed by atoms with Gasteiger partial charge in [0.2, 0.25) is 5.95 Å². The average molecular weight is 1000 g/mol. The SMILES string of the molecule is COc1ccc(C(OC[C@H]2O[C@@H](n3cnc4c(=O)[nH]c(NC(=O)COc5ccccc5)nc43)[C@H](OCOCCC#N)[C@@H]2OP(OCCC#N)N(C(C)C)C(C)C)(c2ccccc2)c2ccc(OC)cc2)cc1. The summed E-state index contributed by atoms with van der Waals surface area (Å²) in [5.74, 6) is 1.04. The van der Waals surface area contributed by atoms with Crippen LogP contribution in [0.2, 0.25) is 0 Å². The van der Waals surface area contributed by atoms with Gasteiger partial charge in [-0.2, -0.15) is 15.5 Å². The fourth-order valence-corrected chi connectivity index (χ4v) is 10.1. The molecule has 4 aromatic carbocycles. The minimum atomic E-state index is -1.94. The molecule has 5 atom stereocenters. The molecule has 72 heavy (non-hydrogen) atoms. The van der Waals surface area contributed by atoms with E-state index in [1.807, 2.05) is 113 Å². The molecule has 1 saturated heterocycles. The van der Waals surface area contributed by atoms with Crippen LogP contribution in [0.3, 0.4) is 0 Å². The summed E-state index contributed by atoms with van der Waals surface area (Å²) in [6.45, 7) is 7.48. The molecule has 378 valence electrons. The number of amides is 1. The van der Waals surface area contributed by atoms with E-state index in [9.17, 15) is 20.1 Å². The van der Waals surface area contributed by atoms with Crippen LogP contribution in [-0.2, 0) is 38.4 Å². The third-order valence-corrected chi connectivity index (χ3v) is 13.7. The summed E-state index contributed by atoms with van der Waals surface area (Å²) >= 11 is 0. The van der Waals surface area contributed by atoms with E-state index in [1.54, 1.807) is 38.5 Å². The Morgan fingerprint density at radius 3 is 2.03 bits per heavy atom. The lowest BCUT2D eigenvalue weighted by atomic mass is 9.80. The summed E-state index contributed by atoms with van der Waals surface area (Å²) in [6, 6.07) is 38.0. The molecule has 20 heteroatoms.